The van der Waals surface area contributed by atoms with Crippen LogP contribution >= 0.6 is 15.9 Å². The van der Waals surface area contributed by atoms with E-state index in [-0.39, 0.29) is 5.88 Å². The highest BCUT2D eigenvalue weighted by Crippen LogP contribution is 2.39. The molecular formula is C8H8BrFN2O. The van der Waals surface area contributed by atoms with Crippen molar-refractivity contribution in [3.8, 4) is 5.88 Å². The zero-order valence-electron chi connectivity index (χ0n) is 7.05. The van der Waals surface area contributed by atoms with E-state index in [9.17, 15) is 4.53 Å². The average molecular weight is 247 g/mol. The van der Waals surface area contributed by atoms with Crippen molar-refractivity contribution < 1.29 is 9.47 Å². The Bertz CT molecular complexity index is 341. The maximum Gasteiger partial charge on any atom is 0.280 e. The van der Waals surface area contributed by atoms with Crippen molar-refractivity contribution in [1.82, 2.24) is 9.97 Å². The molecule has 2 rings (SSSR count). The van der Waals surface area contributed by atoms with Gasteiger partial charge in [0.15, 0.2) is 0 Å². The standard InChI is InChI=1S/C8H8BrFN2O/c1-4-6(9)8(13-10)12-7(11-4)5-2-3-5/h5H,2-3H2,1H3. The molecule has 0 N–H and O–H groups in total. The quantitative estimate of drug-likeness (QED) is 0.805. The minimum atomic E-state index is -0.0191. The maximum absolute atomic E-state index is 12.0. The predicted octanol–water partition coefficient (Wildman–Crippen LogP) is 2.69. The highest BCUT2D eigenvalue weighted by atomic mass is 79.9. The normalized spacial score (nSPS) is 15.9. The lowest BCUT2D eigenvalue weighted by atomic mass is 10.3. The Hall–Kier alpha value is -0.710. The van der Waals surface area contributed by atoms with E-state index in [1.54, 1.807) is 6.92 Å². The van der Waals surface area contributed by atoms with Crippen molar-refractivity contribution in [3.63, 3.8) is 0 Å². The summed E-state index contributed by atoms with van der Waals surface area (Å²) in [6.45, 7) is 1.79. The fourth-order valence-electron chi connectivity index (χ4n) is 1.13. The first-order valence-corrected chi connectivity index (χ1v) is 4.84. The third kappa shape index (κ3) is 1.65. The number of hydrogen-bond acceptors (Lipinski definition) is 3. The second-order valence-corrected chi connectivity index (χ2v) is 3.93. The van der Waals surface area contributed by atoms with Crippen molar-refractivity contribution in [1.29, 1.82) is 0 Å². The summed E-state index contributed by atoms with van der Waals surface area (Å²) in [5.74, 6) is 1.07. The lowest BCUT2D eigenvalue weighted by Gasteiger charge is -2.03. The van der Waals surface area contributed by atoms with Gasteiger partial charge in [-0.2, -0.15) is 4.98 Å². The third-order valence-electron chi connectivity index (χ3n) is 2.02. The molecule has 1 aliphatic rings. The number of halogens is 2. The van der Waals surface area contributed by atoms with Crippen LogP contribution in [-0.4, -0.2) is 9.97 Å². The molecule has 1 aromatic heterocycles. The van der Waals surface area contributed by atoms with Crippen molar-refractivity contribution in [2.45, 2.75) is 25.7 Å². The van der Waals surface area contributed by atoms with Crippen molar-refractivity contribution in [2.75, 3.05) is 0 Å². The zero-order chi connectivity index (χ0) is 9.42. The SMILES string of the molecule is Cc1nc(C2CC2)nc(OF)c1Br. The molecule has 0 radical (unpaired) electrons. The van der Waals surface area contributed by atoms with Crippen LogP contribution in [-0.2, 0) is 0 Å². The van der Waals surface area contributed by atoms with Crippen LogP contribution in [0.1, 0.15) is 30.3 Å². The molecule has 1 saturated carbocycles. The van der Waals surface area contributed by atoms with E-state index in [1.807, 2.05) is 0 Å². The smallest absolute Gasteiger partial charge is 0.272 e. The van der Waals surface area contributed by atoms with Gasteiger partial charge in [0, 0.05) is 10.4 Å². The number of nitrogens with zero attached hydrogens (tertiary/aromatic N) is 2. The van der Waals surface area contributed by atoms with Crippen LogP contribution in [0, 0.1) is 6.92 Å². The Morgan fingerprint density at radius 2 is 2.15 bits per heavy atom. The molecule has 0 aliphatic heterocycles. The van der Waals surface area contributed by atoms with Crippen LogP contribution in [0.15, 0.2) is 4.47 Å². The summed E-state index contributed by atoms with van der Waals surface area (Å²) < 4.78 is 12.5. The summed E-state index contributed by atoms with van der Waals surface area (Å²) in [7, 11) is 0. The van der Waals surface area contributed by atoms with Gasteiger partial charge in [-0.25, -0.2) is 4.98 Å². The van der Waals surface area contributed by atoms with Crippen LogP contribution in [0.4, 0.5) is 4.53 Å². The third-order valence-corrected chi connectivity index (χ3v) is 2.93. The van der Waals surface area contributed by atoms with E-state index in [4.69, 9.17) is 0 Å². The van der Waals surface area contributed by atoms with Crippen LogP contribution in [0.5, 0.6) is 5.88 Å². The molecule has 1 heterocycles. The second-order valence-electron chi connectivity index (χ2n) is 3.14. The molecule has 0 saturated heterocycles. The lowest BCUT2D eigenvalue weighted by molar-refractivity contribution is -0.0134. The Labute approximate surface area is 83.4 Å². The Kier molecular flexibility index (Phi) is 2.19. The summed E-state index contributed by atoms with van der Waals surface area (Å²) in [6.07, 6.45) is 2.18. The molecule has 0 aromatic carbocycles. The topological polar surface area (TPSA) is 35.0 Å². The number of aromatic nitrogens is 2. The van der Waals surface area contributed by atoms with Gasteiger partial charge in [-0.05, 0) is 35.7 Å². The summed E-state index contributed by atoms with van der Waals surface area (Å²) >= 11 is 3.15. The minimum Gasteiger partial charge on any atom is -0.272 e. The first kappa shape index (κ1) is 8.87. The van der Waals surface area contributed by atoms with E-state index in [0.29, 0.717) is 21.9 Å². The lowest BCUT2D eigenvalue weighted by Crippen LogP contribution is -1.98. The number of rotatable bonds is 2. The molecule has 13 heavy (non-hydrogen) atoms. The van der Waals surface area contributed by atoms with Crippen molar-refractivity contribution in [2.24, 2.45) is 0 Å². The van der Waals surface area contributed by atoms with Crippen LogP contribution in [0.3, 0.4) is 0 Å². The van der Waals surface area contributed by atoms with Gasteiger partial charge < -0.3 is 0 Å². The predicted molar refractivity (Wildman–Crippen MR) is 48.2 cm³/mol. The van der Waals surface area contributed by atoms with Crippen LogP contribution < -0.4 is 4.94 Å². The van der Waals surface area contributed by atoms with E-state index >= 15 is 0 Å². The molecule has 1 aliphatic carbocycles. The van der Waals surface area contributed by atoms with Gasteiger partial charge in [0.2, 0.25) is 0 Å². The fourth-order valence-corrected chi connectivity index (χ4v) is 1.37. The average Bonchev–Trinajstić information content (AvgIpc) is 2.92. The highest BCUT2D eigenvalue weighted by molar-refractivity contribution is 9.10. The Morgan fingerprint density at radius 3 is 2.69 bits per heavy atom. The van der Waals surface area contributed by atoms with E-state index in [1.165, 1.54) is 0 Å². The van der Waals surface area contributed by atoms with E-state index < -0.39 is 0 Å². The molecule has 0 unspecified atom stereocenters. The molecule has 0 spiro atoms. The summed E-state index contributed by atoms with van der Waals surface area (Å²) in [5, 5.41) is 0. The summed E-state index contributed by atoms with van der Waals surface area (Å²) in [6, 6.07) is 0. The van der Waals surface area contributed by atoms with Crippen molar-refractivity contribution in [3.05, 3.63) is 16.0 Å². The second kappa shape index (κ2) is 3.21. The maximum atomic E-state index is 12.0. The molecule has 0 atom stereocenters. The molecule has 1 fully saturated rings. The van der Waals surface area contributed by atoms with Crippen molar-refractivity contribution >= 4 is 15.9 Å². The number of aryl methyl sites for hydroxylation is 1. The monoisotopic (exact) mass is 246 g/mol. The molecule has 1 aromatic rings. The largest absolute Gasteiger partial charge is 0.280 e. The molecule has 3 nitrogen and oxygen atoms in total. The molecule has 70 valence electrons. The zero-order valence-corrected chi connectivity index (χ0v) is 8.64. The van der Waals surface area contributed by atoms with Gasteiger partial charge in [0.05, 0.1) is 5.69 Å². The van der Waals surface area contributed by atoms with Gasteiger partial charge >= 0.3 is 0 Å². The minimum absolute atomic E-state index is 0.0191. The Morgan fingerprint density at radius 1 is 1.46 bits per heavy atom. The molecule has 0 bridgehead atoms. The molecule has 0 amide bonds. The fraction of sp³-hybridized carbons (Fsp3) is 0.500. The van der Waals surface area contributed by atoms with Crippen LogP contribution in [0.2, 0.25) is 0 Å². The Balaban J connectivity index is 2.43. The van der Waals surface area contributed by atoms with Gasteiger partial charge in [-0.3, -0.25) is 4.94 Å². The summed E-state index contributed by atoms with van der Waals surface area (Å²) in [5.41, 5.74) is 0.713. The van der Waals surface area contributed by atoms with E-state index in [2.05, 4.69) is 30.8 Å². The molecular weight excluding hydrogens is 239 g/mol. The summed E-state index contributed by atoms with van der Waals surface area (Å²) in [4.78, 5) is 11.8. The van der Waals surface area contributed by atoms with Crippen LogP contribution in [0.25, 0.3) is 0 Å². The van der Waals surface area contributed by atoms with Gasteiger partial charge in [-0.15, -0.1) is 0 Å². The van der Waals surface area contributed by atoms with Gasteiger partial charge in [-0.1, -0.05) is 0 Å². The van der Waals surface area contributed by atoms with E-state index in [0.717, 1.165) is 12.8 Å². The number of hydrogen-bond donors (Lipinski definition) is 0. The highest BCUT2D eigenvalue weighted by Gasteiger charge is 2.28. The molecule has 5 heteroatoms. The van der Waals surface area contributed by atoms with Gasteiger partial charge in [0.1, 0.15) is 10.3 Å². The van der Waals surface area contributed by atoms with Gasteiger partial charge in [0.25, 0.3) is 5.88 Å². The first-order chi connectivity index (χ1) is 6.22. The first-order valence-electron chi connectivity index (χ1n) is 4.05.